The average Bonchev–Trinajstić information content (AvgIpc) is 2.98. The summed E-state index contributed by atoms with van der Waals surface area (Å²) in [4.78, 5) is 12.3. The van der Waals surface area contributed by atoms with Crippen molar-refractivity contribution >= 4 is 5.91 Å². The summed E-state index contributed by atoms with van der Waals surface area (Å²) in [5.74, 6) is 0.550. The highest BCUT2D eigenvalue weighted by molar-refractivity contribution is 5.80. The van der Waals surface area contributed by atoms with Crippen molar-refractivity contribution in [3.63, 3.8) is 0 Å². The summed E-state index contributed by atoms with van der Waals surface area (Å²) in [6.45, 7) is 4.41. The summed E-state index contributed by atoms with van der Waals surface area (Å²) in [6, 6.07) is 1.48. The molecule has 3 heteroatoms. The van der Waals surface area contributed by atoms with E-state index in [-0.39, 0.29) is 5.92 Å². The maximum Gasteiger partial charge on any atom is 0.224 e. The van der Waals surface area contributed by atoms with E-state index in [1.807, 2.05) is 0 Å². The van der Waals surface area contributed by atoms with Gasteiger partial charge in [0, 0.05) is 18.1 Å². The molecule has 4 unspecified atom stereocenters. The minimum Gasteiger partial charge on any atom is -0.353 e. The third-order valence-corrected chi connectivity index (χ3v) is 4.53. The average molecular weight is 252 g/mol. The highest BCUT2D eigenvalue weighted by Gasteiger charge is 2.42. The number of nitrogens with one attached hydrogen (secondary N) is 2. The minimum atomic E-state index is 0.240. The minimum absolute atomic E-state index is 0.240. The fraction of sp³-hybridized carbons (Fsp3) is 0.933. The summed E-state index contributed by atoms with van der Waals surface area (Å²) in [5, 5.41) is 6.85. The van der Waals surface area contributed by atoms with Crippen molar-refractivity contribution in [3.8, 4) is 0 Å². The number of fused-ring (bicyclic) bond motifs is 2. The Labute approximate surface area is 111 Å². The third kappa shape index (κ3) is 3.25. The van der Waals surface area contributed by atoms with Crippen molar-refractivity contribution in [3.05, 3.63) is 0 Å². The maximum absolute atomic E-state index is 12.3. The van der Waals surface area contributed by atoms with Crippen molar-refractivity contribution < 1.29 is 4.79 Å². The molecule has 2 N–H and O–H groups in total. The van der Waals surface area contributed by atoms with Gasteiger partial charge < -0.3 is 10.6 Å². The van der Waals surface area contributed by atoms with Gasteiger partial charge in [-0.15, -0.1) is 0 Å². The van der Waals surface area contributed by atoms with Crippen LogP contribution in [-0.2, 0) is 4.79 Å². The van der Waals surface area contributed by atoms with Crippen LogP contribution in [-0.4, -0.2) is 24.0 Å². The molecule has 2 aliphatic heterocycles. The Morgan fingerprint density at radius 2 is 2.11 bits per heavy atom. The molecule has 1 amide bonds. The molecular weight excluding hydrogens is 224 g/mol. The van der Waals surface area contributed by atoms with Gasteiger partial charge in [-0.25, -0.2) is 0 Å². The van der Waals surface area contributed by atoms with Gasteiger partial charge >= 0.3 is 0 Å². The zero-order valence-electron chi connectivity index (χ0n) is 11.9. The Balaban J connectivity index is 1.80. The van der Waals surface area contributed by atoms with Gasteiger partial charge in [0.2, 0.25) is 5.91 Å². The van der Waals surface area contributed by atoms with Crippen LogP contribution in [0.15, 0.2) is 0 Å². The van der Waals surface area contributed by atoms with Crippen LogP contribution < -0.4 is 10.6 Å². The van der Waals surface area contributed by atoms with E-state index in [9.17, 15) is 4.79 Å². The van der Waals surface area contributed by atoms with E-state index >= 15 is 0 Å². The second-order valence-electron chi connectivity index (χ2n) is 6.03. The first-order chi connectivity index (χ1) is 8.74. The molecule has 0 aromatic carbocycles. The van der Waals surface area contributed by atoms with E-state index in [0.29, 0.717) is 24.0 Å². The van der Waals surface area contributed by atoms with E-state index in [1.165, 1.54) is 25.7 Å². The molecule has 4 atom stereocenters. The molecule has 2 rings (SSSR count). The SMILES string of the molecule is CCCCC(CCC)NC(=O)C1CC2CCC1N2. The number of carbonyl (C=O) groups is 1. The molecule has 0 saturated carbocycles. The molecule has 0 radical (unpaired) electrons. The van der Waals surface area contributed by atoms with Gasteiger partial charge in [0.05, 0.1) is 5.92 Å². The monoisotopic (exact) mass is 252 g/mol. The summed E-state index contributed by atoms with van der Waals surface area (Å²) in [5.41, 5.74) is 0. The van der Waals surface area contributed by atoms with Crippen LogP contribution in [0.3, 0.4) is 0 Å². The second-order valence-corrected chi connectivity index (χ2v) is 6.03. The van der Waals surface area contributed by atoms with E-state index in [4.69, 9.17) is 0 Å². The van der Waals surface area contributed by atoms with Crippen LogP contribution in [0.25, 0.3) is 0 Å². The van der Waals surface area contributed by atoms with Crippen molar-refractivity contribution in [2.75, 3.05) is 0 Å². The highest BCUT2D eigenvalue weighted by Crippen LogP contribution is 2.33. The standard InChI is InChI=1S/C15H28N2O/c1-3-5-7-11(6-4-2)17-15(18)13-10-12-8-9-14(13)16-12/h11-14,16H,3-10H2,1-2H3,(H,17,18). The van der Waals surface area contributed by atoms with Gasteiger partial charge in [-0.1, -0.05) is 33.1 Å². The number of hydrogen-bond donors (Lipinski definition) is 2. The fourth-order valence-electron chi connectivity index (χ4n) is 3.51. The van der Waals surface area contributed by atoms with Crippen LogP contribution in [0, 0.1) is 5.92 Å². The Bertz CT molecular complexity index is 280. The molecule has 104 valence electrons. The Hall–Kier alpha value is -0.570. The lowest BCUT2D eigenvalue weighted by Gasteiger charge is -2.24. The van der Waals surface area contributed by atoms with Crippen LogP contribution in [0.2, 0.25) is 0 Å². The summed E-state index contributed by atoms with van der Waals surface area (Å²) < 4.78 is 0. The van der Waals surface area contributed by atoms with Gasteiger partial charge in [-0.3, -0.25) is 4.79 Å². The van der Waals surface area contributed by atoms with Crippen molar-refractivity contribution in [2.24, 2.45) is 5.92 Å². The lowest BCUT2D eigenvalue weighted by Crippen LogP contribution is -2.42. The molecule has 0 aliphatic carbocycles. The van der Waals surface area contributed by atoms with Crippen LogP contribution in [0.5, 0.6) is 0 Å². The van der Waals surface area contributed by atoms with Crippen molar-refractivity contribution in [1.29, 1.82) is 0 Å². The first kappa shape index (κ1) is 13.9. The van der Waals surface area contributed by atoms with Crippen molar-refractivity contribution in [2.45, 2.75) is 83.3 Å². The summed E-state index contributed by atoms with van der Waals surface area (Å²) in [7, 11) is 0. The molecule has 0 aromatic rings. The summed E-state index contributed by atoms with van der Waals surface area (Å²) >= 11 is 0. The highest BCUT2D eigenvalue weighted by atomic mass is 16.2. The van der Waals surface area contributed by atoms with Gasteiger partial charge in [0.1, 0.15) is 0 Å². The van der Waals surface area contributed by atoms with Gasteiger partial charge in [0.15, 0.2) is 0 Å². The zero-order chi connectivity index (χ0) is 13.0. The van der Waals surface area contributed by atoms with E-state index < -0.39 is 0 Å². The second kappa shape index (κ2) is 6.55. The quantitative estimate of drug-likeness (QED) is 0.731. The predicted octanol–water partition coefficient (Wildman–Crippen LogP) is 2.60. The van der Waals surface area contributed by atoms with Crippen molar-refractivity contribution in [1.82, 2.24) is 10.6 Å². The van der Waals surface area contributed by atoms with E-state index in [1.54, 1.807) is 0 Å². The molecule has 2 bridgehead atoms. The smallest absolute Gasteiger partial charge is 0.224 e. The predicted molar refractivity (Wildman–Crippen MR) is 74.4 cm³/mol. The van der Waals surface area contributed by atoms with Gasteiger partial charge in [-0.05, 0) is 32.1 Å². The van der Waals surface area contributed by atoms with Crippen LogP contribution in [0.4, 0.5) is 0 Å². The van der Waals surface area contributed by atoms with Crippen LogP contribution in [0.1, 0.15) is 65.2 Å². The third-order valence-electron chi connectivity index (χ3n) is 4.53. The lowest BCUT2D eigenvalue weighted by molar-refractivity contribution is -0.126. The molecule has 18 heavy (non-hydrogen) atoms. The Kier molecular flexibility index (Phi) is 5.04. The first-order valence-corrected chi connectivity index (χ1v) is 7.81. The number of amides is 1. The van der Waals surface area contributed by atoms with E-state index in [2.05, 4.69) is 24.5 Å². The molecular formula is C15H28N2O. The summed E-state index contributed by atoms with van der Waals surface area (Å²) in [6.07, 6.45) is 9.38. The van der Waals surface area contributed by atoms with E-state index in [0.717, 1.165) is 25.7 Å². The normalized spacial score (nSPS) is 31.6. The number of rotatable bonds is 7. The first-order valence-electron chi connectivity index (χ1n) is 7.81. The molecule has 2 heterocycles. The number of unbranched alkanes of at least 4 members (excludes halogenated alkanes) is 1. The molecule has 3 nitrogen and oxygen atoms in total. The fourth-order valence-corrected chi connectivity index (χ4v) is 3.51. The molecule has 2 saturated heterocycles. The topological polar surface area (TPSA) is 41.1 Å². The largest absolute Gasteiger partial charge is 0.353 e. The number of hydrogen-bond acceptors (Lipinski definition) is 2. The molecule has 2 aliphatic rings. The molecule has 0 spiro atoms. The number of carbonyl (C=O) groups excluding carboxylic acids is 1. The zero-order valence-corrected chi connectivity index (χ0v) is 11.9. The molecule has 2 fully saturated rings. The Morgan fingerprint density at radius 1 is 1.28 bits per heavy atom. The maximum atomic E-state index is 12.3. The lowest BCUT2D eigenvalue weighted by atomic mass is 9.88. The van der Waals surface area contributed by atoms with Gasteiger partial charge in [0.25, 0.3) is 0 Å². The van der Waals surface area contributed by atoms with Gasteiger partial charge in [-0.2, -0.15) is 0 Å². The molecule has 0 aromatic heterocycles. The Morgan fingerprint density at radius 3 is 2.67 bits per heavy atom. The van der Waals surface area contributed by atoms with Crippen LogP contribution >= 0.6 is 0 Å².